The van der Waals surface area contributed by atoms with Crippen LogP contribution in [0.2, 0.25) is 5.02 Å². The lowest BCUT2D eigenvalue weighted by Crippen LogP contribution is -2.22. The highest BCUT2D eigenvalue weighted by atomic mass is 35.5. The number of benzene rings is 2. The van der Waals surface area contributed by atoms with Crippen molar-refractivity contribution >= 4 is 34.8 Å². The molecule has 0 spiro atoms. The molecule has 7 heteroatoms. The first-order valence-electron chi connectivity index (χ1n) is 6.79. The van der Waals surface area contributed by atoms with Gasteiger partial charge in [0.05, 0.1) is 29.9 Å². The van der Waals surface area contributed by atoms with Crippen LogP contribution < -0.4 is 21.1 Å². The minimum atomic E-state index is -0.369. The van der Waals surface area contributed by atoms with Crippen LogP contribution in [0.25, 0.3) is 0 Å². The Labute approximate surface area is 138 Å². The summed E-state index contributed by atoms with van der Waals surface area (Å²) in [5, 5.41) is 5.64. The Kier molecular flexibility index (Phi) is 5.56. The van der Waals surface area contributed by atoms with E-state index in [1.807, 2.05) is 0 Å². The van der Waals surface area contributed by atoms with E-state index in [-0.39, 0.29) is 18.4 Å². The summed E-state index contributed by atoms with van der Waals surface area (Å²) in [6, 6.07) is 11.6. The van der Waals surface area contributed by atoms with Gasteiger partial charge in [-0.15, -0.1) is 0 Å². The smallest absolute Gasteiger partial charge is 0.259 e. The van der Waals surface area contributed by atoms with E-state index in [1.54, 1.807) is 42.5 Å². The molecule has 0 radical (unpaired) electrons. The molecule has 0 aliphatic carbocycles. The van der Waals surface area contributed by atoms with Crippen molar-refractivity contribution < 1.29 is 14.3 Å². The van der Waals surface area contributed by atoms with Crippen molar-refractivity contribution in [3.8, 4) is 5.75 Å². The molecule has 0 saturated carbocycles. The van der Waals surface area contributed by atoms with Gasteiger partial charge in [0.1, 0.15) is 5.75 Å². The Morgan fingerprint density at radius 3 is 2.61 bits per heavy atom. The van der Waals surface area contributed by atoms with E-state index in [0.717, 1.165) is 0 Å². The summed E-state index contributed by atoms with van der Waals surface area (Å²) in [6.45, 7) is -0.133. The van der Waals surface area contributed by atoms with E-state index in [2.05, 4.69) is 10.6 Å². The number of amides is 2. The number of ether oxygens (including phenoxy) is 1. The maximum absolute atomic E-state index is 12.4. The van der Waals surface area contributed by atoms with Crippen molar-refractivity contribution in [2.45, 2.75) is 0 Å². The molecular weight excluding hydrogens is 318 g/mol. The fourth-order valence-corrected chi connectivity index (χ4v) is 2.10. The Bertz CT molecular complexity index is 734. The van der Waals surface area contributed by atoms with Gasteiger partial charge >= 0.3 is 0 Å². The van der Waals surface area contributed by atoms with Gasteiger partial charge in [-0.25, -0.2) is 0 Å². The second-order valence-electron chi connectivity index (χ2n) is 4.60. The van der Waals surface area contributed by atoms with Crippen LogP contribution in [0.4, 0.5) is 11.4 Å². The van der Waals surface area contributed by atoms with E-state index >= 15 is 0 Å². The van der Waals surface area contributed by atoms with Crippen LogP contribution in [0.15, 0.2) is 42.5 Å². The fraction of sp³-hybridized carbons (Fsp3) is 0.125. The van der Waals surface area contributed by atoms with Gasteiger partial charge < -0.3 is 21.1 Å². The summed E-state index contributed by atoms with van der Waals surface area (Å²) in [5.41, 5.74) is 6.49. The standard InChI is InChI=1S/C16H16ClN3O3/c1-23-14-5-3-2-4-11(14)16(22)20-13-8-10(6-7-12(13)17)19-15(21)9-18/h2-8H,9,18H2,1H3,(H,19,21)(H,20,22). The first-order valence-corrected chi connectivity index (χ1v) is 7.16. The molecule has 0 bridgehead atoms. The highest BCUT2D eigenvalue weighted by Crippen LogP contribution is 2.27. The molecule has 4 N–H and O–H groups in total. The summed E-state index contributed by atoms with van der Waals surface area (Å²) >= 11 is 6.09. The summed E-state index contributed by atoms with van der Waals surface area (Å²) in [5.74, 6) is -0.255. The predicted octanol–water partition coefficient (Wildman–Crippen LogP) is 2.50. The lowest BCUT2D eigenvalue weighted by molar-refractivity contribution is -0.114. The monoisotopic (exact) mass is 333 g/mol. The van der Waals surface area contributed by atoms with Gasteiger partial charge in [-0.1, -0.05) is 23.7 Å². The molecule has 2 aromatic rings. The van der Waals surface area contributed by atoms with Gasteiger partial charge in [0, 0.05) is 5.69 Å². The quantitative estimate of drug-likeness (QED) is 0.783. The number of nitrogens with one attached hydrogen (secondary N) is 2. The number of halogens is 1. The number of methoxy groups -OCH3 is 1. The molecule has 0 unspecified atom stereocenters. The lowest BCUT2D eigenvalue weighted by atomic mass is 10.2. The highest BCUT2D eigenvalue weighted by molar-refractivity contribution is 6.34. The van der Waals surface area contributed by atoms with Gasteiger partial charge in [0.2, 0.25) is 5.91 Å². The van der Waals surface area contributed by atoms with Crippen molar-refractivity contribution in [3.05, 3.63) is 53.1 Å². The summed E-state index contributed by atoms with van der Waals surface area (Å²) in [6.07, 6.45) is 0. The molecule has 0 aromatic heterocycles. The molecule has 2 aromatic carbocycles. The normalized spacial score (nSPS) is 10.0. The van der Waals surface area contributed by atoms with Crippen molar-refractivity contribution in [1.29, 1.82) is 0 Å². The molecule has 0 fully saturated rings. The molecule has 2 rings (SSSR count). The topological polar surface area (TPSA) is 93.5 Å². The van der Waals surface area contributed by atoms with Gasteiger partial charge in [0.15, 0.2) is 0 Å². The number of anilines is 2. The predicted molar refractivity (Wildman–Crippen MR) is 90.1 cm³/mol. The van der Waals surface area contributed by atoms with E-state index in [0.29, 0.717) is 27.7 Å². The van der Waals surface area contributed by atoms with Crippen LogP contribution in [0, 0.1) is 0 Å². The second kappa shape index (κ2) is 7.62. The zero-order valence-electron chi connectivity index (χ0n) is 12.4. The van der Waals surface area contributed by atoms with E-state index in [1.165, 1.54) is 7.11 Å². The summed E-state index contributed by atoms with van der Waals surface area (Å²) in [7, 11) is 1.49. The van der Waals surface area contributed by atoms with Crippen molar-refractivity contribution in [3.63, 3.8) is 0 Å². The number of hydrogen-bond acceptors (Lipinski definition) is 4. The van der Waals surface area contributed by atoms with Crippen molar-refractivity contribution in [1.82, 2.24) is 0 Å². The third-order valence-electron chi connectivity index (χ3n) is 3.04. The van der Waals surface area contributed by atoms with Gasteiger partial charge in [-0.05, 0) is 30.3 Å². The maximum Gasteiger partial charge on any atom is 0.259 e. The number of carbonyl (C=O) groups excluding carboxylic acids is 2. The maximum atomic E-state index is 12.4. The second-order valence-corrected chi connectivity index (χ2v) is 5.01. The number of carbonyl (C=O) groups is 2. The van der Waals surface area contributed by atoms with Crippen LogP contribution in [0.1, 0.15) is 10.4 Å². The van der Waals surface area contributed by atoms with Crippen LogP contribution in [0.5, 0.6) is 5.75 Å². The number of hydrogen-bond donors (Lipinski definition) is 3. The molecule has 6 nitrogen and oxygen atoms in total. The van der Waals surface area contributed by atoms with Crippen LogP contribution in [-0.2, 0) is 4.79 Å². The third kappa shape index (κ3) is 4.21. The zero-order chi connectivity index (χ0) is 16.8. The Morgan fingerprint density at radius 2 is 1.91 bits per heavy atom. The van der Waals surface area contributed by atoms with Gasteiger partial charge in [0.25, 0.3) is 5.91 Å². The Morgan fingerprint density at radius 1 is 1.17 bits per heavy atom. The Balaban J connectivity index is 2.23. The van der Waals surface area contributed by atoms with Crippen molar-refractivity contribution in [2.24, 2.45) is 5.73 Å². The number of rotatable bonds is 5. The molecule has 0 aliphatic rings. The van der Waals surface area contributed by atoms with Gasteiger partial charge in [-0.2, -0.15) is 0 Å². The molecule has 2 amide bonds. The van der Waals surface area contributed by atoms with Crippen molar-refractivity contribution in [2.75, 3.05) is 24.3 Å². The SMILES string of the molecule is COc1ccccc1C(=O)Nc1cc(NC(=O)CN)ccc1Cl. The van der Waals surface area contributed by atoms with Crippen LogP contribution in [0.3, 0.4) is 0 Å². The summed E-state index contributed by atoms with van der Waals surface area (Å²) in [4.78, 5) is 23.7. The van der Waals surface area contributed by atoms with E-state index in [4.69, 9.17) is 22.1 Å². The first kappa shape index (κ1) is 16.8. The number of para-hydroxylation sites is 1. The molecule has 0 heterocycles. The largest absolute Gasteiger partial charge is 0.496 e. The zero-order valence-corrected chi connectivity index (χ0v) is 13.2. The minimum Gasteiger partial charge on any atom is -0.496 e. The lowest BCUT2D eigenvalue weighted by Gasteiger charge is -2.12. The van der Waals surface area contributed by atoms with E-state index < -0.39 is 0 Å². The molecular formula is C16H16ClN3O3. The molecule has 0 aliphatic heterocycles. The average molecular weight is 334 g/mol. The molecule has 120 valence electrons. The fourth-order valence-electron chi connectivity index (χ4n) is 1.93. The van der Waals surface area contributed by atoms with Crippen LogP contribution >= 0.6 is 11.6 Å². The summed E-state index contributed by atoms with van der Waals surface area (Å²) < 4.78 is 5.16. The van der Waals surface area contributed by atoms with Crippen LogP contribution in [-0.4, -0.2) is 25.5 Å². The first-order chi connectivity index (χ1) is 11.0. The Hall–Kier alpha value is -2.57. The highest BCUT2D eigenvalue weighted by Gasteiger charge is 2.13. The van der Waals surface area contributed by atoms with Gasteiger partial charge in [-0.3, -0.25) is 9.59 Å². The molecule has 0 atom stereocenters. The molecule has 0 saturated heterocycles. The number of nitrogens with two attached hydrogens (primary N) is 1. The third-order valence-corrected chi connectivity index (χ3v) is 3.36. The average Bonchev–Trinajstić information content (AvgIpc) is 2.57. The molecule has 23 heavy (non-hydrogen) atoms. The van der Waals surface area contributed by atoms with E-state index in [9.17, 15) is 9.59 Å². The minimum absolute atomic E-state index is 0.133.